The molecule has 2 aliphatic rings. The van der Waals surface area contributed by atoms with E-state index in [1.165, 1.54) is 6.07 Å². The molecule has 4 rings (SSSR count). The quantitative estimate of drug-likeness (QED) is 0.297. The van der Waals surface area contributed by atoms with E-state index in [-0.39, 0.29) is 12.0 Å². The van der Waals surface area contributed by atoms with Crippen molar-refractivity contribution in [3.63, 3.8) is 0 Å². The molecule has 14 heteroatoms. The average Bonchev–Trinajstić information content (AvgIpc) is 2.85. The normalized spacial score (nSPS) is 19.9. The topological polar surface area (TPSA) is 197 Å². The number of amides is 2. The number of nitrogens with one attached hydrogen (secondary N) is 1. The van der Waals surface area contributed by atoms with Crippen molar-refractivity contribution in [2.24, 2.45) is 0 Å². The predicted octanol–water partition coefficient (Wildman–Crippen LogP) is -0.400. The van der Waals surface area contributed by atoms with Crippen LogP contribution in [0.15, 0.2) is 59.8 Å². The summed E-state index contributed by atoms with van der Waals surface area (Å²) in [5, 5.41) is 19.4. The zero-order chi connectivity index (χ0) is 26.9. The minimum Gasteiger partial charge on any atom is -0.477 e. The van der Waals surface area contributed by atoms with Crippen molar-refractivity contribution in [1.29, 1.82) is 0 Å². The Labute approximate surface area is 209 Å². The molecule has 2 aliphatic heterocycles. The van der Waals surface area contributed by atoms with Gasteiger partial charge >= 0.3 is 17.9 Å². The summed E-state index contributed by atoms with van der Waals surface area (Å²) in [6.07, 6.45) is -0.114. The molecule has 0 radical (unpaired) electrons. The third kappa shape index (κ3) is 5.04. The smallest absolute Gasteiger partial charge is 0.357 e. The van der Waals surface area contributed by atoms with Gasteiger partial charge in [0, 0.05) is 5.57 Å². The van der Waals surface area contributed by atoms with E-state index in [0.717, 1.165) is 12.1 Å². The number of esters is 1. The molecule has 3 N–H and O–H groups in total. The fourth-order valence-corrected chi connectivity index (χ4v) is 6.04. The number of benzene rings is 1. The summed E-state index contributed by atoms with van der Waals surface area (Å²) in [6, 6.07) is 10.6. The van der Waals surface area contributed by atoms with Gasteiger partial charge in [0.05, 0.1) is 12.2 Å². The third-order valence-electron chi connectivity index (χ3n) is 5.64. The predicted molar refractivity (Wildman–Crippen MR) is 123 cm³/mol. The number of aromatic carboxylic acids is 1. The number of β-lactam (4-membered cyclic amide) rings is 1. The van der Waals surface area contributed by atoms with Gasteiger partial charge < -0.3 is 20.3 Å². The molecule has 0 spiro atoms. The number of carbonyl (C=O) groups is 5. The lowest BCUT2D eigenvalue weighted by Gasteiger charge is -2.48. The molecule has 0 saturated carbocycles. The van der Waals surface area contributed by atoms with Crippen molar-refractivity contribution >= 4 is 39.6 Å². The first-order valence-electron chi connectivity index (χ1n) is 10.7. The van der Waals surface area contributed by atoms with Gasteiger partial charge in [0.2, 0.25) is 5.91 Å². The van der Waals surface area contributed by atoms with Crippen LogP contribution < -0.4 is 5.32 Å². The number of hydrogen-bond acceptors (Lipinski definition) is 9. The summed E-state index contributed by atoms with van der Waals surface area (Å²) in [5.41, 5.74) is -1.23. The summed E-state index contributed by atoms with van der Waals surface area (Å²) < 4.78 is 30.9. The first kappa shape index (κ1) is 25.5. The molecular weight excluding hydrogens is 510 g/mol. The highest BCUT2D eigenvalue weighted by Gasteiger charge is 2.60. The zero-order valence-electron chi connectivity index (χ0n) is 18.9. The number of aromatic nitrogens is 1. The van der Waals surface area contributed by atoms with Gasteiger partial charge in [-0.1, -0.05) is 36.4 Å². The largest absolute Gasteiger partial charge is 0.477 e. The molecule has 0 unspecified atom stereocenters. The van der Waals surface area contributed by atoms with Crippen molar-refractivity contribution in [3.8, 4) is 0 Å². The number of carboxylic acid groups (broad SMARTS) is 2. The molecule has 13 nitrogen and oxygen atoms in total. The van der Waals surface area contributed by atoms with E-state index >= 15 is 0 Å². The summed E-state index contributed by atoms with van der Waals surface area (Å²) >= 11 is 0. The zero-order valence-corrected chi connectivity index (χ0v) is 19.7. The number of rotatable bonds is 8. The van der Waals surface area contributed by atoms with Crippen LogP contribution in [0.4, 0.5) is 0 Å². The van der Waals surface area contributed by atoms with Gasteiger partial charge in [-0.25, -0.2) is 27.8 Å². The molecular formula is C23H19N3O10S. The fraction of sp³-hybridized carbons (Fsp3) is 0.217. The van der Waals surface area contributed by atoms with Gasteiger partial charge in [-0.3, -0.25) is 14.5 Å². The minimum absolute atomic E-state index is 0.114. The Kier molecular flexibility index (Phi) is 6.76. The number of hydrogen-bond donors (Lipinski definition) is 3. The fourth-order valence-electron chi connectivity index (χ4n) is 4.03. The average molecular weight is 529 g/mol. The van der Waals surface area contributed by atoms with E-state index in [1.54, 1.807) is 30.3 Å². The monoisotopic (exact) mass is 529 g/mol. The van der Waals surface area contributed by atoms with Crippen LogP contribution in [0.2, 0.25) is 0 Å². The Morgan fingerprint density at radius 1 is 1.00 bits per heavy atom. The Bertz CT molecular complexity index is 1450. The summed E-state index contributed by atoms with van der Waals surface area (Å²) in [4.78, 5) is 64.7. The van der Waals surface area contributed by atoms with E-state index in [4.69, 9.17) is 9.84 Å². The molecule has 2 amide bonds. The first-order valence-corrected chi connectivity index (χ1v) is 12.4. The first-order chi connectivity index (χ1) is 17.5. The molecule has 1 aromatic carbocycles. The van der Waals surface area contributed by atoms with E-state index in [9.17, 15) is 37.5 Å². The number of nitrogens with zero attached hydrogens (tertiary/aromatic N) is 2. The van der Waals surface area contributed by atoms with Crippen LogP contribution in [-0.4, -0.2) is 82.0 Å². The molecule has 2 aromatic rings. The highest BCUT2D eigenvalue weighted by atomic mass is 32.2. The molecule has 37 heavy (non-hydrogen) atoms. The second-order valence-corrected chi connectivity index (χ2v) is 10.3. The Morgan fingerprint density at radius 2 is 1.68 bits per heavy atom. The third-order valence-corrected chi connectivity index (χ3v) is 7.61. The van der Waals surface area contributed by atoms with Crippen molar-refractivity contribution < 1.29 is 47.3 Å². The molecule has 2 atom stereocenters. The number of ether oxygens (including phenoxy) is 1. The lowest BCUT2D eigenvalue weighted by Crippen LogP contribution is -2.75. The Morgan fingerprint density at radius 3 is 2.32 bits per heavy atom. The molecule has 1 fully saturated rings. The maximum atomic E-state index is 13.0. The van der Waals surface area contributed by atoms with Crippen LogP contribution in [0.3, 0.4) is 0 Å². The van der Waals surface area contributed by atoms with Crippen molar-refractivity contribution in [2.75, 3.05) is 12.4 Å². The molecule has 1 aromatic heterocycles. The maximum absolute atomic E-state index is 13.0. The van der Waals surface area contributed by atoms with E-state index in [2.05, 4.69) is 10.3 Å². The van der Waals surface area contributed by atoms with Gasteiger partial charge in [0.25, 0.3) is 5.91 Å². The molecule has 3 heterocycles. The number of carboxylic acids is 2. The van der Waals surface area contributed by atoms with Crippen LogP contribution >= 0.6 is 0 Å². The van der Waals surface area contributed by atoms with Crippen LogP contribution in [0, 0.1) is 0 Å². The maximum Gasteiger partial charge on any atom is 0.357 e. The number of sulfone groups is 1. The highest BCUT2D eigenvalue weighted by Crippen LogP contribution is 2.37. The molecule has 1 saturated heterocycles. The number of carbonyl (C=O) groups excluding carboxylic acids is 3. The summed E-state index contributed by atoms with van der Waals surface area (Å²) in [5.74, 6) is -6.54. The second kappa shape index (κ2) is 9.81. The van der Waals surface area contributed by atoms with Crippen molar-refractivity contribution in [3.05, 3.63) is 76.8 Å². The Balaban J connectivity index is 1.52. The van der Waals surface area contributed by atoms with Gasteiger partial charge in [0.1, 0.15) is 29.7 Å². The second-order valence-electron chi connectivity index (χ2n) is 8.16. The van der Waals surface area contributed by atoms with E-state index in [1.807, 2.05) is 0 Å². The highest BCUT2D eigenvalue weighted by molar-refractivity contribution is 7.92. The van der Waals surface area contributed by atoms with Gasteiger partial charge in [0.15, 0.2) is 15.2 Å². The molecule has 0 bridgehead atoms. The van der Waals surface area contributed by atoms with Gasteiger partial charge in [-0.15, -0.1) is 0 Å². The van der Waals surface area contributed by atoms with Crippen LogP contribution in [0.5, 0.6) is 0 Å². The summed E-state index contributed by atoms with van der Waals surface area (Å²) in [7, 11) is -4.19. The van der Waals surface area contributed by atoms with Gasteiger partial charge in [-0.05, 0) is 17.7 Å². The van der Waals surface area contributed by atoms with Crippen molar-refractivity contribution in [2.45, 2.75) is 17.8 Å². The lowest BCUT2D eigenvalue weighted by molar-refractivity contribution is -0.151. The standard InChI is InChI=1S/C23H19N3O10S/c27-16(9-12-5-2-1-3-6-12)25-17-19(28)26-18(22(31)32)13(11-37(34,35)20(17)26)10-36-23(33)15-8-4-7-14(24-15)21(29)30/h1-8,17,20H,9-11H2,(H,25,27)(H,29,30)(H,31,32)/t17-,20-/m1/s1. The number of pyridine rings is 1. The van der Waals surface area contributed by atoms with Gasteiger partial charge in [-0.2, -0.15) is 0 Å². The van der Waals surface area contributed by atoms with Crippen LogP contribution in [-0.2, 0) is 35.4 Å². The van der Waals surface area contributed by atoms with E-state index < -0.39 is 80.4 Å². The lowest BCUT2D eigenvalue weighted by atomic mass is 10.0. The summed E-state index contributed by atoms with van der Waals surface area (Å²) in [6.45, 7) is -0.805. The van der Waals surface area contributed by atoms with Crippen LogP contribution in [0.25, 0.3) is 0 Å². The number of aliphatic carboxylic acids is 1. The minimum atomic E-state index is -4.19. The van der Waals surface area contributed by atoms with E-state index in [0.29, 0.717) is 10.5 Å². The number of fused-ring (bicyclic) bond motifs is 1. The van der Waals surface area contributed by atoms with Crippen LogP contribution in [0.1, 0.15) is 26.5 Å². The molecule has 0 aliphatic carbocycles. The Hall–Kier alpha value is -4.59. The van der Waals surface area contributed by atoms with Crippen molar-refractivity contribution in [1.82, 2.24) is 15.2 Å². The SMILES string of the molecule is O=C(Cc1ccccc1)N[C@@H]1C(=O)N2C(C(=O)O)=C(COC(=O)c3cccc(C(=O)O)n3)CS(=O)(=O)[C@H]12. The molecule has 192 valence electrons.